The molecule has 0 radical (unpaired) electrons. The molecule has 0 N–H and O–H groups in total. The summed E-state index contributed by atoms with van der Waals surface area (Å²) >= 11 is 1.89. The maximum atomic E-state index is 12.5. The Labute approximate surface area is 128 Å². The molecular weight excluding hydrogens is 284 g/mol. The zero-order chi connectivity index (χ0) is 14.7. The van der Waals surface area contributed by atoms with Crippen molar-refractivity contribution in [1.29, 1.82) is 0 Å². The van der Waals surface area contributed by atoms with E-state index in [0.717, 1.165) is 35.9 Å². The van der Waals surface area contributed by atoms with Crippen molar-refractivity contribution in [1.82, 2.24) is 19.9 Å². The van der Waals surface area contributed by atoms with Gasteiger partial charge in [-0.15, -0.1) is 5.10 Å². The van der Waals surface area contributed by atoms with E-state index in [1.54, 1.807) is 4.68 Å². The van der Waals surface area contributed by atoms with Gasteiger partial charge in [-0.2, -0.15) is 11.8 Å². The smallest absolute Gasteiger partial charge is 0.276 e. The highest BCUT2D eigenvalue weighted by Gasteiger charge is 2.23. The molecule has 1 aliphatic rings. The highest BCUT2D eigenvalue weighted by molar-refractivity contribution is 7.99. The van der Waals surface area contributed by atoms with Crippen molar-refractivity contribution in [2.75, 3.05) is 24.6 Å². The van der Waals surface area contributed by atoms with Gasteiger partial charge in [0.05, 0.1) is 12.2 Å². The predicted octanol–water partition coefficient (Wildman–Crippen LogP) is 1.82. The number of rotatable bonds is 3. The number of carbonyl (C=O) groups is 1. The summed E-state index contributed by atoms with van der Waals surface area (Å²) < 4.78 is 1.79. The number of thioether (sulfide) groups is 1. The monoisotopic (exact) mass is 302 g/mol. The minimum atomic E-state index is 0.00658. The normalized spacial score (nSPS) is 15.2. The van der Waals surface area contributed by atoms with E-state index in [0.29, 0.717) is 12.2 Å². The number of aromatic nitrogens is 3. The van der Waals surface area contributed by atoms with E-state index in [4.69, 9.17) is 0 Å². The molecule has 2 aromatic rings. The zero-order valence-electron chi connectivity index (χ0n) is 12.0. The number of benzene rings is 1. The number of hydrogen-bond donors (Lipinski definition) is 0. The van der Waals surface area contributed by atoms with Gasteiger partial charge >= 0.3 is 0 Å². The third-order valence-electron chi connectivity index (χ3n) is 3.66. The van der Waals surface area contributed by atoms with Gasteiger partial charge in [-0.1, -0.05) is 35.5 Å². The third-order valence-corrected chi connectivity index (χ3v) is 4.60. The van der Waals surface area contributed by atoms with Gasteiger partial charge < -0.3 is 4.90 Å². The van der Waals surface area contributed by atoms with Crippen molar-refractivity contribution in [3.05, 3.63) is 47.3 Å². The topological polar surface area (TPSA) is 51.0 Å². The molecular formula is C15H18N4OS. The van der Waals surface area contributed by atoms with Gasteiger partial charge in [-0.05, 0) is 12.5 Å². The molecule has 1 amide bonds. The molecule has 0 bridgehead atoms. The lowest BCUT2D eigenvalue weighted by Gasteiger charge is -2.25. The van der Waals surface area contributed by atoms with Crippen LogP contribution in [0.25, 0.3) is 0 Å². The Kier molecular flexibility index (Phi) is 4.24. The Hall–Kier alpha value is -1.82. The Morgan fingerprint density at radius 3 is 2.67 bits per heavy atom. The van der Waals surface area contributed by atoms with E-state index in [9.17, 15) is 4.79 Å². The van der Waals surface area contributed by atoms with Crippen LogP contribution in [0.2, 0.25) is 0 Å². The lowest BCUT2D eigenvalue weighted by atomic mass is 10.2. The second kappa shape index (κ2) is 6.30. The standard InChI is InChI=1S/C15H18N4OS/c1-12-14(15(20)18-7-9-21-10-8-18)16-17-19(12)11-13-5-3-2-4-6-13/h2-6H,7-11H2,1H3. The first-order valence-electron chi connectivity index (χ1n) is 7.07. The average molecular weight is 302 g/mol. The van der Waals surface area contributed by atoms with Crippen LogP contribution in [0.4, 0.5) is 0 Å². The molecule has 0 spiro atoms. The highest BCUT2D eigenvalue weighted by Crippen LogP contribution is 2.14. The molecule has 110 valence electrons. The second-order valence-corrected chi connectivity index (χ2v) is 6.30. The van der Waals surface area contributed by atoms with Crippen molar-refractivity contribution in [2.24, 2.45) is 0 Å². The van der Waals surface area contributed by atoms with E-state index in [2.05, 4.69) is 10.3 Å². The minimum absolute atomic E-state index is 0.00658. The summed E-state index contributed by atoms with van der Waals surface area (Å²) in [6.07, 6.45) is 0. The highest BCUT2D eigenvalue weighted by atomic mass is 32.2. The third kappa shape index (κ3) is 3.10. The maximum Gasteiger partial charge on any atom is 0.276 e. The molecule has 0 unspecified atom stereocenters. The molecule has 3 rings (SSSR count). The lowest BCUT2D eigenvalue weighted by molar-refractivity contribution is 0.0765. The van der Waals surface area contributed by atoms with Gasteiger partial charge in [-0.3, -0.25) is 4.79 Å². The molecule has 2 heterocycles. The molecule has 0 aliphatic carbocycles. The van der Waals surface area contributed by atoms with Crippen molar-refractivity contribution in [2.45, 2.75) is 13.5 Å². The Bertz CT molecular complexity index is 620. The molecule has 1 aromatic carbocycles. The molecule has 1 aliphatic heterocycles. The fourth-order valence-electron chi connectivity index (χ4n) is 2.38. The summed E-state index contributed by atoms with van der Waals surface area (Å²) in [4.78, 5) is 14.4. The molecule has 1 aromatic heterocycles. The summed E-state index contributed by atoms with van der Waals surface area (Å²) in [6.45, 7) is 4.15. The first kappa shape index (κ1) is 14.1. The van der Waals surface area contributed by atoms with Gasteiger partial charge in [0.15, 0.2) is 5.69 Å². The SMILES string of the molecule is Cc1c(C(=O)N2CCSCC2)nnn1Cc1ccccc1. The molecule has 0 saturated carbocycles. The van der Waals surface area contributed by atoms with Gasteiger partial charge in [0.1, 0.15) is 0 Å². The van der Waals surface area contributed by atoms with Crippen LogP contribution < -0.4 is 0 Å². The van der Waals surface area contributed by atoms with E-state index >= 15 is 0 Å². The number of hydrogen-bond acceptors (Lipinski definition) is 4. The van der Waals surface area contributed by atoms with Crippen LogP contribution in [0.3, 0.4) is 0 Å². The van der Waals surface area contributed by atoms with Crippen molar-refractivity contribution < 1.29 is 4.79 Å². The summed E-state index contributed by atoms with van der Waals surface area (Å²) in [5.74, 6) is 2.01. The first-order valence-corrected chi connectivity index (χ1v) is 8.22. The Balaban J connectivity index is 1.77. The molecule has 0 atom stereocenters. The van der Waals surface area contributed by atoms with E-state index < -0.39 is 0 Å². The van der Waals surface area contributed by atoms with E-state index in [-0.39, 0.29) is 5.91 Å². The second-order valence-electron chi connectivity index (χ2n) is 5.07. The summed E-state index contributed by atoms with van der Waals surface area (Å²) in [5, 5.41) is 8.24. The van der Waals surface area contributed by atoms with Gasteiger partial charge in [0.25, 0.3) is 5.91 Å². The largest absolute Gasteiger partial charge is 0.336 e. The Morgan fingerprint density at radius 1 is 1.24 bits per heavy atom. The van der Waals surface area contributed by atoms with E-state index in [1.165, 1.54) is 0 Å². The van der Waals surface area contributed by atoms with Crippen LogP contribution >= 0.6 is 11.8 Å². The predicted molar refractivity (Wildman–Crippen MR) is 83.5 cm³/mol. The van der Waals surface area contributed by atoms with Crippen LogP contribution in [0.15, 0.2) is 30.3 Å². The van der Waals surface area contributed by atoms with Gasteiger partial charge in [-0.25, -0.2) is 4.68 Å². The van der Waals surface area contributed by atoms with E-state index in [1.807, 2.05) is 53.9 Å². The van der Waals surface area contributed by atoms with Crippen LogP contribution in [0, 0.1) is 6.92 Å². The Morgan fingerprint density at radius 2 is 1.95 bits per heavy atom. The molecule has 6 heteroatoms. The number of amides is 1. The molecule has 1 fully saturated rings. The van der Waals surface area contributed by atoms with Crippen LogP contribution in [-0.2, 0) is 6.54 Å². The summed E-state index contributed by atoms with van der Waals surface area (Å²) in [7, 11) is 0. The van der Waals surface area contributed by atoms with Gasteiger partial charge in [0, 0.05) is 24.6 Å². The molecule has 21 heavy (non-hydrogen) atoms. The zero-order valence-corrected chi connectivity index (χ0v) is 12.8. The van der Waals surface area contributed by atoms with Crippen molar-refractivity contribution >= 4 is 17.7 Å². The molecule has 1 saturated heterocycles. The van der Waals surface area contributed by atoms with Gasteiger partial charge in [0.2, 0.25) is 0 Å². The van der Waals surface area contributed by atoms with Crippen LogP contribution in [-0.4, -0.2) is 50.4 Å². The number of nitrogens with zero attached hydrogens (tertiary/aromatic N) is 4. The fourth-order valence-corrected chi connectivity index (χ4v) is 3.28. The average Bonchev–Trinajstić information content (AvgIpc) is 2.89. The number of carbonyl (C=O) groups excluding carboxylic acids is 1. The van der Waals surface area contributed by atoms with Crippen molar-refractivity contribution in [3.8, 4) is 0 Å². The lowest BCUT2D eigenvalue weighted by Crippen LogP contribution is -2.38. The van der Waals surface area contributed by atoms with Crippen LogP contribution in [0.1, 0.15) is 21.7 Å². The van der Waals surface area contributed by atoms with Crippen molar-refractivity contribution in [3.63, 3.8) is 0 Å². The van der Waals surface area contributed by atoms with Crippen LogP contribution in [0.5, 0.6) is 0 Å². The quantitative estimate of drug-likeness (QED) is 0.868. The molecule has 5 nitrogen and oxygen atoms in total. The summed E-state index contributed by atoms with van der Waals surface area (Å²) in [5.41, 5.74) is 2.47. The summed E-state index contributed by atoms with van der Waals surface area (Å²) in [6, 6.07) is 10.1. The fraction of sp³-hybridized carbons (Fsp3) is 0.400. The first-order chi connectivity index (χ1) is 10.3. The maximum absolute atomic E-state index is 12.5. The minimum Gasteiger partial charge on any atom is -0.336 e.